The third-order valence-corrected chi connectivity index (χ3v) is 4.16. The molecule has 110 valence electrons. The van der Waals surface area contributed by atoms with Crippen molar-refractivity contribution in [1.82, 2.24) is 0 Å². The number of nitrogens with one attached hydrogen (secondary N) is 1. The fourth-order valence-corrected chi connectivity index (χ4v) is 2.97. The molecule has 2 atom stereocenters. The highest BCUT2D eigenvalue weighted by Gasteiger charge is 2.22. The van der Waals surface area contributed by atoms with E-state index in [1.807, 2.05) is 0 Å². The molecule has 6 heteroatoms. The maximum Gasteiger partial charge on any atom is 0.270 e. The van der Waals surface area contributed by atoms with Crippen LogP contribution < -0.4 is 5.32 Å². The second-order valence-corrected chi connectivity index (χ2v) is 5.92. The van der Waals surface area contributed by atoms with Gasteiger partial charge in [-0.25, -0.2) is 0 Å². The van der Waals surface area contributed by atoms with Crippen LogP contribution in [0.1, 0.15) is 32.6 Å². The maximum atomic E-state index is 10.7. The summed E-state index contributed by atoms with van der Waals surface area (Å²) in [5.41, 5.74) is 0.996. The van der Waals surface area contributed by atoms with Crippen molar-refractivity contribution < 1.29 is 9.66 Å². The van der Waals surface area contributed by atoms with E-state index in [0.29, 0.717) is 12.1 Å². The lowest BCUT2D eigenvalue weighted by atomic mass is 10.00. The second-order valence-electron chi connectivity index (χ2n) is 5.07. The van der Waals surface area contributed by atoms with Gasteiger partial charge in [-0.05, 0) is 41.3 Å². The summed E-state index contributed by atoms with van der Waals surface area (Å²) in [6.07, 6.45) is 4.47. The van der Waals surface area contributed by atoms with Crippen molar-refractivity contribution in [1.29, 1.82) is 0 Å². The largest absolute Gasteiger partial charge is 0.381 e. The fraction of sp³-hybridized carbons (Fsp3) is 0.571. The topological polar surface area (TPSA) is 64.4 Å². The van der Waals surface area contributed by atoms with Crippen molar-refractivity contribution in [2.24, 2.45) is 0 Å². The standard InChI is InChI=1S/C14H19BrN2O3/c1-2-3-12-8-10(6-7-20-12)16-14-5-4-11(17(18)19)9-13(14)15/h4-5,9-10,12,16H,2-3,6-8H2,1H3. The van der Waals surface area contributed by atoms with Gasteiger partial charge in [-0.2, -0.15) is 0 Å². The summed E-state index contributed by atoms with van der Waals surface area (Å²) in [6, 6.07) is 5.17. The number of halogens is 1. The van der Waals surface area contributed by atoms with E-state index in [0.717, 1.165) is 42.5 Å². The van der Waals surface area contributed by atoms with Gasteiger partial charge in [0.25, 0.3) is 5.69 Å². The van der Waals surface area contributed by atoms with Crippen LogP contribution in [0.15, 0.2) is 22.7 Å². The molecule has 0 aromatic heterocycles. The van der Waals surface area contributed by atoms with E-state index in [1.54, 1.807) is 6.07 Å². The fourth-order valence-electron chi connectivity index (χ4n) is 2.49. The van der Waals surface area contributed by atoms with E-state index in [9.17, 15) is 10.1 Å². The molecule has 1 aromatic carbocycles. The molecule has 0 radical (unpaired) electrons. The molecule has 20 heavy (non-hydrogen) atoms. The lowest BCUT2D eigenvalue weighted by molar-refractivity contribution is -0.384. The number of nitro groups is 1. The van der Waals surface area contributed by atoms with Gasteiger partial charge in [0.1, 0.15) is 0 Å². The molecule has 0 amide bonds. The zero-order chi connectivity index (χ0) is 14.5. The summed E-state index contributed by atoms with van der Waals surface area (Å²) in [5, 5.41) is 14.2. The molecule has 2 unspecified atom stereocenters. The monoisotopic (exact) mass is 342 g/mol. The third kappa shape index (κ3) is 3.93. The van der Waals surface area contributed by atoms with Crippen LogP contribution in [0.3, 0.4) is 0 Å². The van der Waals surface area contributed by atoms with E-state index >= 15 is 0 Å². The van der Waals surface area contributed by atoms with E-state index in [4.69, 9.17) is 4.74 Å². The van der Waals surface area contributed by atoms with Crippen LogP contribution in [-0.2, 0) is 4.74 Å². The number of hydrogen-bond acceptors (Lipinski definition) is 4. The minimum absolute atomic E-state index is 0.0956. The Morgan fingerprint density at radius 1 is 1.55 bits per heavy atom. The number of ether oxygens (including phenoxy) is 1. The minimum atomic E-state index is -0.389. The van der Waals surface area contributed by atoms with Crippen LogP contribution in [0.5, 0.6) is 0 Å². The average molecular weight is 343 g/mol. The Morgan fingerprint density at radius 2 is 2.35 bits per heavy atom. The number of benzene rings is 1. The summed E-state index contributed by atoms with van der Waals surface area (Å²) in [4.78, 5) is 10.3. The van der Waals surface area contributed by atoms with Crippen molar-refractivity contribution in [3.63, 3.8) is 0 Å². The molecule has 1 heterocycles. The molecule has 0 bridgehead atoms. The van der Waals surface area contributed by atoms with Gasteiger partial charge in [-0.3, -0.25) is 10.1 Å². The number of anilines is 1. The molecule has 0 aliphatic carbocycles. The minimum Gasteiger partial charge on any atom is -0.381 e. The first kappa shape index (κ1) is 15.3. The van der Waals surface area contributed by atoms with Crippen LogP contribution >= 0.6 is 15.9 Å². The Labute approximate surface area is 127 Å². The van der Waals surface area contributed by atoms with Crippen LogP contribution in [0, 0.1) is 10.1 Å². The van der Waals surface area contributed by atoms with E-state index < -0.39 is 0 Å². The first-order valence-corrected chi connectivity index (χ1v) is 7.71. The Morgan fingerprint density at radius 3 is 3.00 bits per heavy atom. The second kappa shape index (κ2) is 7.04. The summed E-state index contributed by atoms with van der Waals surface area (Å²) < 4.78 is 6.45. The Bertz CT molecular complexity index is 479. The lowest BCUT2D eigenvalue weighted by Gasteiger charge is -2.31. The van der Waals surface area contributed by atoms with E-state index in [-0.39, 0.29) is 10.6 Å². The predicted octanol–water partition coefficient (Wildman–Crippen LogP) is 4.12. The first-order chi connectivity index (χ1) is 9.60. The summed E-state index contributed by atoms with van der Waals surface area (Å²) in [6.45, 7) is 2.93. The quantitative estimate of drug-likeness (QED) is 0.645. The van der Waals surface area contributed by atoms with Gasteiger partial charge in [0, 0.05) is 34.9 Å². The van der Waals surface area contributed by atoms with Crippen molar-refractivity contribution in [3.05, 3.63) is 32.8 Å². The van der Waals surface area contributed by atoms with Crippen molar-refractivity contribution in [3.8, 4) is 0 Å². The number of hydrogen-bond donors (Lipinski definition) is 1. The smallest absolute Gasteiger partial charge is 0.270 e. The summed E-state index contributed by atoms with van der Waals surface area (Å²) in [5.74, 6) is 0. The molecule has 1 saturated heterocycles. The number of rotatable bonds is 5. The molecule has 1 aliphatic rings. The molecule has 1 N–H and O–H groups in total. The molecular weight excluding hydrogens is 324 g/mol. The average Bonchev–Trinajstić information content (AvgIpc) is 2.42. The SMILES string of the molecule is CCCC1CC(Nc2ccc([N+](=O)[O-])cc2Br)CCO1. The van der Waals surface area contributed by atoms with Gasteiger partial charge in [0.05, 0.1) is 11.0 Å². The Balaban J connectivity index is 2.00. The van der Waals surface area contributed by atoms with E-state index in [2.05, 4.69) is 28.2 Å². The molecular formula is C14H19BrN2O3. The van der Waals surface area contributed by atoms with Crippen LogP contribution in [-0.4, -0.2) is 23.7 Å². The highest BCUT2D eigenvalue weighted by molar-refractivity contribution is 9.10. The number of nitrogens with zero attached hydrogens (tertiary/aromatic N) is 1. The molecule has 5 nitrogen and oxygen atoms in total. The molecule has 1 aliphatic heterocycles. The van der Waals surface area contributed by atoms with Crippen LogP contribution in [0.25, 0.3) is 0 Å². The zero-order valence-corrected chi connectivity index (χ0v) is 13.1. The van der Waals surface area contributed by atoms with Gasteiger partial charge < -0.3 is 10.1 Å². The third-order valence-electron chi connectivity index (χ3n) is 3.50. The molecule has 1 aromatic rings. The van der Waals surface area contributed by atoms with Gasteiger partial charge in [-0.15, -0.1) is 0 Å². The highest BCUT2D eigenvalue weighted by atomic mass is 79.9. The van der Waals surface area contributed by atoms with Crippen molar-refractivity contribution in [2.75, 3.05) is 11.9 Å². The van der Waals surface area contributed by atoms with Crippen LogP contribution in [0.2, 0.25) is 0 Å². The molecule has 0 saturated carbocycles. The summed E-state index contributed by atoms with van der Waals surface area (Å²) >= 11 is 3.39. The summed E-state index contributed by atoms with van der Waals surface area (Å²) in [7, 11) is 0. The molecule has 0 spiro atoms. The van der Waals surface area contributed by atoms with Gasteiger partial charge >= 0.3 is 0 Å². The van der Waals surface area contributed by atoms with Gasteiger partial charge in [0.15, 0.2) is 0 Å². The van der Waals surface area contributed by atoms with Gasteiger partial charge in [0.2, 0.25) is 0 Å². The van der Waals surface area contributed by atoms with Gasteiger partial charge in [-0.1, -0.05) is 13.3 Å². The van der Waals surface area contributed by atoms with Crippen molar-refractivity contribution >= 4 is 27.3 Å². The number of non-ortho nitro benzene ring substituents is 1. The van der Waals surface area contributed by atoms with Crippen molar-refractivity contribution in [2.45, 2.75) is 44.8 Å². The normalized spacial score (nSPS) is 22.5. The number of nitro benzene ring substituents is 1. The molecule has 1 fully saturated rings. The predicted molar refractivity (Wildman–Crippen MR) is 82.1 cm³/mol. The zero-order valence-electron chi connectivity index (χ0n) is 11.5. The molecule has 2 rings (SSSR count). The lowest BCUT2D eigenvalue weighted by Crippen LogP contribution is -2.34. The first-order valence-electron chi connectivity index (χ1n) is 6.92. The Kier molecular flexibility index (Phi) is 5.37. The van der Waals surface area contributed by atoms with Crippen LogP contribution in [0.4, 0.5) is 11.4 Å². The Hall–Kier alpha value is -1.14. The van der Waals surface area contributed by atoms with E-state index in [1.165, 1.54) is 12.1 Å². The highest BCUT2D eigenvalue weighted by Crippen LogP contribution is 2.29. The maximum absolute atomic E-state index is 10.7.